The van der Waals surface area contributed by atoms with Crippen molar-refractivity contribution in [2.75, 3.05) is 20.3 Å². The Kier molecular flexibility index (Phi) is 8.29. The van der Waals surface area contributed by atoms with Crippen LogP contribution in [0.5, 0.6) is 11.5 Å². The van der Waals surface area contributed by atoms with Crippen LogP contribution in [0.25, 0.3) is 6.08 Å². The first-order valence-electron chi connectivity index (χ1n) is 9.88. The summed E-state index contributed by atoms with van der Waals surface area (Å²) in [6.45, 7) is 1.48. The maximum Gasteiger partial charge on any atom is 0.326 e. The molecule has 0 aliphatic carbocycles. The first kappa shape index (κ1) is 25.2. The molecule has 1 saturated heterocycles. The Morgan fingerprint density at radius 2 is 1.91 bits per heavy atom. The molecule has 1 aliphatic heterocycles. The molecule has 0 radical (unpaired) electrons. The lowest BCUT2D eigenvalue weighted by Crippen LogP contribution is -2.34. The van der Waals surface area contributed by atoms with Crippen molar-refractivity contribution in [2.24, 2.45) is 0 Å². The van der Waals surface area contributed by atoms with Gasteiger partial charge < -0.3 is 14.2 Å². The number of hydrogen-bond acceptors (Lipinski definition) is 9. The minimum Gasteiger partial charge on any atom is -0.493 e. The van der Waals surface area contributed by atoms with Gasteiger partial charge in [-0.1, -0.05) is 15.9 Å². The summed E-state index contributed by atoms with van der Waals surface area (Å²) in [6, 6.07) is 9.27. The number of ether oxygens (including phenoxy) is 3. The minimum atomic E-state index is -0.663. The highest BCUT2D eigenvalue weighted by atomic mass is 79.9. The SMILES string of the molecule is CCOC(=O)CN1C(=O)S/C(=C\c2cc(OC)c(OCc3ccc([N+](=O)[O-])cc3)cc2Br)C1=O. The van der Waals surface area contributed by atoms with Crippen molar-refractivity contribution >= 4 is 56.6 Å². The zero-order valence-corrected chi connectivity index (χ0v) is 20.5. The number of methoxy groups -OCH3 is 1. The number of imide groups is 1. The van der Waals surface area contributed by atoms with Crippen LogP contribution in [0.3, 0.4) is 0 Å². The van der Waals surface area contributed by atoms with Crippen LogP contribution < -0.4 is 9.47 Å². The van der Waals surface area contributed by atoms with Crippen LogP contribution >= 0.6 is 27.7 Å². The van der Waals surface area contributed by atoms with Gasteiger partial charge in [-0.3, -0.25) is 29.4 Å². The first-order valence-corrected chi connectivity index (χ1v) is 11.5. The number of carbonyl (C=O) groups excluding carboxylic acids is 3. The molecule has 1 heterocycles. The summed E-state index contributed by atoms with van der Waals surface area (Å²) in [5, 5.41) is 10.2. The molecule has 2 amide bonds. The third-order valence-corrected chi connectivity index (χ3v) is 6.17. The first-order chi connectivity index (χ1) is 16.2. The number of benzene rings is 2. The van der Waals surface area contributed by atoms with E-state index in [9.17, 15) is 24.5 Å². The standard InChI is InChI=1S/C22H19BrN2O8S/c1-3-32-20(26)11-24-21(27)19(34-22(24)28)9-14-8-17(31-2)18(10-16(14)23)33-12-13-4-6-15(7-5-13)25(29)30/h4-10H,3,11-12H2,1-2H3/b19-9-. The van der Waals surface area contributed by atoms with Crippen LogP contribution in [0.4, 0.5) is 10.5 Å². The number of rotatable bonds is 9. The molecule has 10 nitrogen and oxygen atoms in total. The second-order valence-electron chi connectivity index (χ2n) is 6.81. The Balaban J connectivity index is 1.77. The Hall–Kier alpha value is -3.38. The van der Waals surface area contributed by atoms with Gasteiger partial charge >= 0.3 is 5.97 Å². The molecule has 3 rings (SSSR count). The zero-order chi connectivity index (χ0) is 24.8. The average Bonchev–Trinajstić information content (AvgIpc) is 3.06. The smallest absolute Gasteiger partial charge is 0.326 e. The normalized spacial score (nSPS) is 14.4. The van der Waals surface area contributed by atoms with Gasteiger partial charge in [-0.25, -0.2) is 0 Å². The van der Waals surface area contributed by atoms with E-state index in [0.717, 1.165) is 22.2 Å². The number of nitro groups is 1. The monoisotopic (exact) mass is 550 g/mol. The van der Waals surface area contributed by atoms with Crippen molar-refractivity contribution in [3.63, 3.8) is 0 Å². The van der Waals surface area contributed by atoms with E-state index in [1.165, 1.54) is 25.3 Å². The number of amides is 2. The molecule has 0 bridgehead atoms. The summed E-state index contributed by atoms with van der Waals surface area (Å²) in [7, 11) is 1.46. The van der Waals surface area contributed by atoms with Crippen LogP contribution in [0.1, 0.15) is 18.1 Å². The third kappa shape index (κ3) is 5.94. The average molecular weight is 551 g/mol. The van der Waals surface area contributed by atoms with E-state index in [1.54, 1.807) is 31.2 Å². The van der Waals surface area contributed by atoms with Crippen LogP contribution in [-0.4, -0.2) is 47.2 Å². The summed E-state index contributed by atoms with van der Waals surface area (Å²) >= 11 is 4.16. The third-order valence-electron chi connectivity index (χ3n) is 4.58. The number of nitrogens with zero attached hydrogens (tertiary/aromatic N) is 2. The largest absolute Gasteiger partial charge is 0.493 e. The number of thioether (sulfide) groups is 1. The summed E-state index contributed by atoms with van der Waals surface area (Å²) in [4.78, 5) is 47.8. The Bertz CT molecular complexity index is 1170. The summed E-state index contributed by atoms with van der Waals surface area (Å²) in [5.74, 6) is -0.474. The second kappa shape index (κ2) is 11.2. The van der Waals surface area contributed by atoms with Gasteiger partial charge in [-0.2, -0.15) is 0 Å². The molecule has 1 fully saturated rings. The van der Waals surface area contributed by atoms with Crippen molar-refractivity contribution in [3.8, 4) is 11.5 Å². The van der Waals surface area contributed by atoms with Gasteiger partial charge in [-0.05, 0) is 60.2 Å². The lowest BCUT2D eigenvalue weighted by atomic mass is 10.1. The molecule has 0 N–H and O–H groups in total. The van der Waals surface area contributed by atoms with Gasteiger partial charge in [0, 0.05) is 16.6 Å². The predicted octanol–water partition coefficient (Wildman–Crippen LogP) is 4.54. The van der Waals surface area contributed by atoms with E-state index < -0.39 is 28.6 Å². The highest BCUT2D eigenvalue weighted by Gasteiger charge is 2.36. The quantitative estimate of drug-likeness (QED) is 0.191. The maximum absolute atomic E-state index is 12.6. The van der Waals surface area contributed by atoms with Gasteiger partial charge in [0.05, 0.1) is 23.5 Å². The van der Waals surface area contributed by atoms with E-state index >= 15 is 0 Å². The lowest BCUT2D eigenvalue weighted by Gasteiger charge is -2.13. The molecule has 178 valence electrons. The molecule has 0 spiro atoms. The molecule has 0 aromatic heterocycles. The fourth-order valence-corrected chi connectivity index (χ4v) is 4.19. The van der Waals surface area contributed by atoms with Gasteiger partial charge in [0.2, 0.25) is 0 Å². The maximum atomic E-state index is 12.6. The molecule has 0 unspecified atom stereocenters. The van der Waals surface area contributed by atoms with E-state index in [0.29, 0.717) is 21.5 Å². The molecule has 1 aliphatic rings. The number of carbonyl (C=O) groups is 3. The number of halogens is 1. The zero-order valence-electron chi connectivity index (χ0n) is 18.1. The van der Waals surface area contributed by atoms with Gasteiger partial charge in [0.25, 0.3) is 16.8 Å². The highest BCUT2D eigenvalue weighted by Crippen LogP contribution is 2.38. The molecule has 0 atom stereocenters. The fourth-order valence-electron chi connectivity index (χ4n) is 2.92. The van der Waals surface area contributed by atoms with Crippen LogP contribution in [0.15, 0.2) is 45.8 Å². The molecular formula is C22H19BrN2O8S. The van der Waals surface area contributed by atoms with Crippen molar-refractivity contribution in [1.29, 1.82) is 0 Å². The lowest BCUT2D eigenvalue weighted by molar-refractivity contribution is -0.384. The van der Waals surface area contributed by atoms with E-state index in [2.05, 4.69) is 15.9 Å². The van der Waals surface area contributed by atoms with Crippen molar-refractivity contribution in [3.05, 3.63) is 67.0 Å². The number of nitro benzene ring substituents is 1. The molecular weight excluding hydrogens is 532 g/mol. The molecule has 2 aromatic carbocycles. The van der Waals surface area contributed by atoms with Crippen molar-refractivity contribution in [2.45, 2.75) is 13.5 Å². The second-order valence-corrected chi connectivity index (χ2v) is 8.66. The number of hydrogen-bond donors (Lipinski definition) is 0. The molecule has 0 saturated carbocycles. The number of esters is 1. The fraction of sp³-hybridized carbons (Fsp3) is 0.227. The van der Waals surface area contributed by atoms with E-state index in [4.69, 9.17) is 14.2 Å². The highest BCUT2D eigenvalue weighted by molar-refractivity contribution is 9.10. The van der Waals surface area contributed by atoms with E-state index in [-0.39, 0.29) is 23.8 Å². The molecule has 34 heavy (non-hydrogen) atoms. The number of non-ortho nitro benzene ring substituents is 1. The molecule has 12 heteroatoms. The van der Waals surface area contributed by atoms with Crippen LogP contribution in [0, 0.1) is 10.1 Å². The summed E-state index contributed by atoms with van der Waals surface area (Å²) < 4.78 is 16.6. The van der Waals surface area contributed by atoms with Crippen molar-refractivity contribution in [1.82, 2.24) is 4.90 Å². The topological polar surface area (TPSA) is 125 Å². The van der Waals surface area contributed by atoms with Crippen molar-refractivity contribution < 1.29 is 33.5 Å². The molecule has 2 aromatic rings. The van der Waals surface area contributed by atoms with Crippen LogP contribution in [-0.2, 0) is 20.9 Å². The Morgan fingerprint density at radius 3 is 2.53 bits per heavy atom. The predicted molar refractivity (Wildman–Crippen MR) is 127 cm³/mol. The van der Waals surface area contributed by atoms with Gasteiger partial charge in [0.15, 0.2) is 11.5 Å². The van der Waals surface area contributed by atoms with Crippen LogP contribution in [0.2, 0.25) is 0 Å². The van der Waals surface area contributed by atoms with Gasteiger partial charge in [0.1, 0.15) is 13.2 Å². The summed E-state index contributed by atoms with van der Waals surface area (Å²) in [5.41, 5.74) is 1.27. The Labute approximate surface area is 207 Å². The van der Waals surface area contributed by atoms with Gasteiger partial charge in [-0.15, -0.1) is 0 Å². The summed E-state index contributed by atoms with van der Waals surface area (Å²) in [6.07, 6.45) is 1.52. The minimum absolute atomic E-state index is 0.0138. The Morgan fingerprint density at radius 1 is 1.21 bits per heavy atom. The van der Waals surface area contributed by atoms with E-state index in [1.807, 2.05) is 0 Å².